The van der Waals surface area contributed by atoms with Crippen LogP contribution in [-0.4, -0.2) is 31.9 Å². The molecule has 1 rings (SSSR count). The first-order valence-electron chi connectivity index (χ1n) is 5.15. The number of aromatic hydroxyl groups is 1. The molecule has 0 saturated heterocycles. The Labute approximate surface area is 115 Å². The van der Waals surface area contributed by atoms with Gasteiger partial charge in [0, 0.05) is 0 Å². The van der Waals surface area contributed by atoms with Crippen molar-refractivity contribution in [2.45, 2.75) is 18.3 Å². The van der Waals surface area contributed by atoms with Gasteiger partial charge in [-0.2, -0.15) is 22.0 Å². The molecule has 0 amide bonds. The van der Waals surface area contributed by atoms with E-state index in [2.05, 4.69) is 0 Å². The van der Waals surface area contributed by atoms with Crippen LogP contribution < -0.4 is 4.72 Å². The number of halogens is 6. The Morgan fingerprint density at radius 2 is 1.71 bits per heavy atom. The van der Waals surface area contributed by atoms with E-state index >= 15 is 0 Å². The van der Waals surface area contributed by atoms with Crippen LogP contribution in [0, 0.1) is 0 Å². The van der Waals surface area contributed by atoms with Gasteiger partial charge in [-0.25, -0.2) is 12.8 Å². The number of alkyl halides is 6. The molecule has 120 valence electrons. The fourth-order valence-corrected chi connectivity index (χ4v) is 1.91. The first-order valence-corrected chi connectivity index (χ1v) is 7.04. The molecule has 1 atom stereocenters. The molecule has 0 aliphatic rings. The molecule has 0 aliphatic carbocycles. The summed E-state index contributed by atoms with van der Waals surface area (Å²) in [5.74, 6) is -6.42. The van der Waals surface area contributed by atoms with Gasteiger partial charge in [0.1, 0.15) is 5.75 Å². The molecule has 1 aromatic carbocycles. The summed E-state index contributed by atoms with van der Waals surface area (Å²) < 4.78 is 98.9. The zero-order chi connectivity index (χ0) is 16.6. The number of rotatable bonds is 4. The first-order chi connectivity index (χ1) is 9.25. The standard InChI is InChI=1S/C10H9F6NO3S/c1-21(19,20)17-6-4-5(2-3-7(6)18)8(11)9(12,13)10(14,15)16/h2-4,8,17-18H,1H3. The normalized spacial score (nSPS) is 14.8. The number of nitrogens with one attached hydrogen (secondary N) is 1. The van der Waals surface area contributed by atoms with Crippen LogP contribution in [0.15, 0.2) is 18.2 Å². The molecule has 2 N–H and O–H groups in total. The number of hydrogen-bond donors (Lipinski definition) is 2. The molecular formula is C10H9F6NO3S. The number of hydrogen-bond acceptors (Lipinski definition) is 3. The molecule has 0 radical (unpaired) electrons. The van der Waals surface area contributed by atoms with Crippen molar-refractivity contribution < 1.29 is 39.9 Å². The Bertz CT molecular complexity index is 628. The van der Waals surface area contributed by atoms with Gasteiger partial charge in [0.15, 0.2) is 6.17 Å². The van der Waals surface area contributed by atoms with Crippen molar-refractivity contribution in [2.24, 2.45) is 0 Å². The summed E-state index contributed by atoms with van der Waals surface area (Å²) >= 11 is 0. The van der Waals surface area contributed by atoms with Gasteiger partial charge in [-0.3, -0.25) is 4.72 Å². The predicted molar refractivity (Wildman–Crippen MR) is 61.4 cm³/mol. The summed E-state index contributed by atoms with van der Waals surface area (Å²) in [6.07, 6.45) is -9.22. The van der Waals surface area contributed by atoms with Crippen LogP contribution in [0.4, 0.5) is 32.0 Å². The number of anilines is 1. The van der Waals surface area contributed by atoms with Gasteiger partial charge in [-0.15, -0.1) is 0 Å². The molecule has 0 fully saturated rings. The Balaban J connectivity index is 3.24. The van der Waals surface area contributed by atoms with Crippen LogP contribution in [0.1, 0.15) is 11.7 Å². The van der Waals surface area contributed by atoms with Crippen LogP contribution in [0.2, 0.25) is 0 Å². The average Bonchev–Trinajstić information content (AvgIpc) is 2.27. The molecule has 1 aromatic rings. The molecule has 11 heteroatoms. The van der Waals surface area contributed by atoms with Gasteiger partial charge in [-0.1, -0.05) is 6.07 Å². The van der Waals surface area contributed by atoms with Gasteiger partial charge in [0.2, 0.25) is 10.0 Å². The molecule has 1 unspecified atom stereocenters. The molecule has 0 spiro atoms. The number of phenolic OH excluding ortho intramolecular Hbond substituents is 1. The summed E-state index contributed by atoms with van der Waals surface area (Å²) in [5, 5.41) is 9.28. The van der Waals surface area contributed by atoms with Gasteiger partial charge >= 0.3 is 12.1 Å². The topological polar surface area (TPSA) is 66.4 Å². The fourth-order valence-electron chi connectivity index (χ4n) is 1.35. The Kier molecular flexibility index (Phi) is 4.37. The second kappa shape index (κ2) is 5.28. The lowest BCUT2D eigenvalue weighted by Gasteiger charge is -2.23. The van der Waals surface area contributed by atoms with Crippen molar-refractivity contribution in [1.82, 2.24) is 0 Å². The van der Waals surface area contributed by atoms with E-state index in [9.17, 15) is 39.9 Å². The van der Waals surface area contributed by atoms with E-state index in [1.54, 1.807) is 4.72 Å². The second-order valence-corrected chi connectivity index (χ2v) is 5.88. The van der Waals surface area contributed by atoms with Crippen LogP contribution >= 0.6 is 0 Å². The highest BCUT2D eigenvalue weighted by atomic mass is 32.2. The van der Waals surface area contributed by atoms with Gasteiger partial charge < -0.3 is 5.11 Å². The number of sulfonamides is 1. The first kappa shape index (κ1) is 17.4. The smallest absolute Gasteiger partial charge is 0.456 e. The molecule has 0 aliphatic heterocycles. The van der Waals surface area contributed by atoms with E-state index in [0.29, 0.717) is 24.5 Å². The SMILES string of the molecule is CS(=O)(=O)Nc1cc(C(F)C(F)(F)C(F)(F)F)ccc1O. The summed E-state index contributed by atoms with van der Waals surface area (Å²) in [6, 6.07) is 1.45. The number of benzene rings is 1. The Morgan fingerprint density at radius 1 is 1.19 bits per heavy atom. The summed E-state index contributed by atoms with van der Waals surface area (Å²) in [7, 11) is -3.95. The monoisotopic (exact) mass is 337 g/mol. The minimum absolute atomic E-state index is 0.362. The zero-order valence-electron chi connectivity index (χ0n) is 10.2. The average molecular weight is 337 g/mol. The Hall–Kier alpha value is -1.65. The molecule has 21 heavy (non-hydrogen) atoms. The lowest BCUT2D eigenvalue weighted by Crippen LogP contribution is -2.40. The second-order valence-electron chi connectivity index (χ2n) is 4.13. The quantitative estimate of drug-likeness (QED) is 0.656. The molecule has 0 saturated carbocycles. The maximum atomic E-state index is 13.4. The molecule has 4 nitrogen and oxygen atoms in total. The third-order valence-electron chi connectivity index (χ3n) is 2.30. The van der Waals surface area contributed by atoms with E-state index in [1.807, 2.05) is 0 Å². The molecular weight excluding hydrogens is 328 g/mol. The van der Waals surface area contributed by atoms with Gasteiger partial charge in [0.05, 0.1) is 11.9 Å². The minimum Gasteiger partial charge on any atom is -0.506 e. The molecule has 0 heterocycles. The van der Waals surface area contributed by atoms with E-state index in [4.69, 9.17) is 0 Å². The van der Waals surface area contributed by atoms with Crippen molar-refractivity contribution in [3.8, 4) is 5.75 Å². The lowest BCUT2D eigenvalue weighted by atomic mass is 10.0. The van der Waals surface area contributed by atoms with Crippen molar-refractivity contribution in [1.29, 1.82) is 0 Å². The maximum Gasteiger partial charge on any atom is 0.456 e. The number of phenols is 1. The summed E-state index contributed by atoms with van der Waals surface area (Å²) in [6.45, 7) is 0. The largest absolute Gasteiger partial charge is 0.506 e. The van der Waals surface area contributed by atoms with E-state index in [1.165, 1.54) is 0 Å². The van der Waals surface area contributed by atoms with E-state index in [-0.39, 0.29) is 0 Å². The minimum atomic E-state index is -6.12. The van der Waals surface area contributed by atoms with Gasteiger partial charge in [0.25, 0.3) is 0 Å². The highest BCUT2D eigenvalue weighted by Gasteiger charge is 2.63. The van der Waals surface area contributed by atoms with Crippen LogP contribution in [0.25, 0.3) is 0 Å². The van der Waals surface area contributed by atoms with Crippen molar-refractivity contribution in [3.63, 3.8) is 0 Å². The van der Waals surface area contributed by atoms with Gasteiger partial charge in [-0.05, 0) is 17.7 Å². The van der Waals surface area contributed by atoms with E-state index < -0.39 is 45.3 Å². The lowest BCUT2D eigenvalue weighted by molar-refractivity contribution is -0.305. The van der Waals surface area contributed by atoms with Crippen molar-refractivity contribution in [2.75, 3.05) is 11.0 Å². The Morgan fingerprint density at radius 3 is 2.14 bits per heavy atom. The van der Waals surface area contributed by atoms with E-state index in [0.717, 1.165) is 0 Å². The van der Waals surface area contributed by atoms with Crippen LogP contribution in [0.3, 0.4) is 0 Å². The molecule has 0 bridgehead atoms. The van der Waals surface area contributed by atoms with Crippen molar-refractivity contribution in [3.05, 3.63) is 23.8 Å². The highest BCUT2D eigenvalue weighted by Crippen LogP contribution is 2.47. The van der Waals surface area contributed by atoms with Crippen LogP contribution in [-0.2, 0) is 10.0 Å². The molecule has 0 aromatic heterocycles. The third-order valence-corrected chi connectivity index (χ3v) is 2.90. The highest BCUT2D eigenvalue weighted by molar-refractivity contribution is 7.92. The summed E-state index contributed by atoms with van der Waals surface area (Å²) in [5.41, 5.74) is -1.85. The zero-order valence-corrected chi connectivity index (χ0v) is 11.1. The summed E-state index contributed by atoms with van der Waals surface area (Å²) in [4.78, 5) is 0. The fraction of sp³-hybridized carbons (Fsp3) is 0.400. The third kappa shape index (κ3) is 3.93. The maximum absolute atomic E-state index is 13.4. The predicted octanol–water partition coefficient (Wildman–Crippen LogP) is 2.97. The van der Waals surface area contributed by atoms with Crippen LogP contribution in [0.5, 0.6) is 5.75 Å². The van der Waals surface area contributed by atoms with Crippen molar-refractivity contribution >= 4 is 15.7 Å².